The lowest BCUT2D eigenvalue weighted by Crippen LogP contribution is -2.44. The fraction of sp³-hybridized carbons (Fsp3) is 0.239. The van der Waals surface area contributed by atoms with Gasteiger partial charge in [0.25, 0.3) is 0 Å². The normalized spacial score (nSPS) is 17.2. The van der Waals surface area contributed by atoms with E-state index in [1.807, 2.05) is 36.4 Å². The molecule has 2 aliphatic carbocycles. The Morgan fingerprint density at radius 1 is 0.577 bits per heavy atom. The van der Waals surface area contributed by atoms with Crippen molar-refractivity contribution in [2.45, 2.75) is 100 Å². The van der Waals surface area contributed by atoms with Crippen molar-refractivity contribution < 1.29 is 28.8 Å². The molecule has 9 aromatic carbocycles. The van der Waals surface area contributed by atoms with Crippen LogP contribution in [-0.2, 0) is 17.4 Å². The molecule has 9 aromatic rings. The van der Waals surface area contributed by atoms with Crippen molar-refractivity contribution in [3.8, 4) is 62.9 Å². The molecular weight excluding hydrogens is 981 g/mol. The highest BCUT2D eigenvalue weighted by Gasteiger charge is 2.55. The molecule has 1 fully saturated rings. The highest BCUT2D eigenvalue weighted by Crippen LogP contribution is 2.67. The first kappa shape index (κ1) is 50.9. The number of hydrogen-bond acceptors (Lipinski definition) is 7. The molecule has 1 spiro atoms. The molecule has 12 rings (SSSR count). The Morgan fingerprint density at radius 2 is 1.13 bits per heavy atom. The number of aryl methyl sites for hydroxylation is 2. The van der Waals surface area contributed by atoms with Crippen LogP contribution in [0.2, 0.25) is 0 Å². The van der Waals surface area contributed by atoms with E-state index in [4.69, 9.17) is 23.7 Å². The quantitative estimate of drug-likeness (QED) is 0.103. The maximum atomic E-state index is 9.72. The van der Waals surface area contributed by atoms with Gasteiger partial charge >= 0.3 is 0 Å². The molecule has 0 amide bonds. The first-order valence-electron chi connectivity index (χ1n) is 27.4. The topological polar surface area (TPSA) is 66.4 Å². The molecule has 1 aliphatic heterocycles. The van der Waals surface area contributed by atoms with Crippen molar-refractivity contribution in [1.82, 2.24) is 0 Å². The van der Waals surface area contributed by atoms with E-state index in [1.54, 1.807) is 43.1 Å². The van der Waals surface area contributed by atoms with Crippen LogP contribution in [0.4, 0.5) is 0 Å². The second-order valence-electron chi connectivity index (χ2n) is 23.2. The number of aromatic hydroxyl groups is 1. The molecule has 6 nitrogen and oxygen atoms in total. The van der Waals surface area contributed by atoms with Gasteiger partial charge < -0.3 is 28.8 Å². The Kier molecular flexibility index (Phi) is 13.4. The molecule has 1 N–H and O–H groups in total. The highest BCUT2D eigenvalue weighted by molar-refractivity contribution is 7.99. The number of phenolic OH excluding ortho intramolecular Hbond substituents is 1. The van der Waals surface area contributed by atoms with Gasteiger partial charge in [0.1, 0.15) is 51.7 Å². The number of unbranched alkanes of at least 4 members (excludes halogenated alkanes) is 1. The second-order valence-corrected chi connectivity index (χ2v) is 24.3. The standard InChI is InChI=1S/C71H66O6S/c1-47-19-27-51(28-20-47)74-52-29-21-48(22-30-52)14-12-13-40-71(49-23-31-53(32-24-49)75-55-35-37-56(38-36-55)76-54-33-25-50(72)26-34-54)41-39-59-66-65(58-17-10-11-18-62(58)70(66)45-68(2,3)44-69(4,5)46-70)60-43-64(78-57-15-8-7-9-16-57)63(73-6)42-61(60)67(59)77-71/h7-11,15-39,41-43,72H,12-14,40,44-46H2,1-6H3. The van der Waals surface area contributed by atoms with Crippen LogP contribution in [0.1, 0.15) is 99.6 Å². The summed E-state index contributed by atoms with van der Waals surface area (Å²) in [6.07, 6.45) is 11.6. The van der Waals surface area contributed by atoms with E-state index in [9.17, 15) is 5.11 Å². The lowest BCUT2D eigenvalue weighted by Gasteiger charge is -2.52. The molecule has 1 atom stereocenters. The Bertz CT molecular complexity index is 3640. The molecule has 7 heteroatoms. The Morgan fingerprint density at radius 3 is 1.74 bits per heavy atom. The molecule has 1 heterocycles. The first-order valence-corrected chi connectivity index (χ1v) is 28.2. The van der Waals surface area contributed by atoms with Crippen LogP contribution in [0.25, 0.3) is 28.0 Å². The van der Waals surface area contributed by atoms with E-state index in [2.05, 4.69) is 174 Å². The molecule has 1 saturated carbocycles. The van der Waals surface area contributed by atoms with Crippen LogP contribution in [0.15, 0.2) is 204 Å². The highest BCUT2D eigenvalue weighted by atomic mass is 32.2. The minimum Gasteiger partial charge on any atom is -0.508 e. The van der Waals surface area contributed by atoms with Crippen molar-refractivity contribution in [2.24, 2.45) is 10.8 Å². The zero-order valence-corrected chi connectivity index (χ0v) is 46.2. The summed E-state index contributed by atoms with van der Waals surface area (Å²) in [5.41, 5.74) is 9.34. The van der Waals surface area contributed by atoms with Gasteiger partial charge in [0.2, 0.25) is 0 Å². The smallest absolute Gasteiger partial charge is 0.153 e. The third kappa shape index (κ3) is 10.1. The number of ether oxygens (including phenoxy) is 5. The Balaban J connectivity index is 0.934. The number of methoxy groups -OCH3 is 1. The molecule has 392 valence electrons. The third-order valence-electron chi connectivity index (χ3n) is 16.0. The van der Waals surface area contributed by atoms with E-state index in [0.29, 0.717) is 17.2 Å². The molecule has 78 heavy (non-hydrogen) atoms. The van der Waals surface area contributed by atoms with Gasteiger partial charge in [-0.2, -0.15) is 0 Å². The summed E-state index contributed by atoms with van der Waals surface area (Å²) >= 11 is 1.74. The van der Waals surface area contributed by atoms with Crippen LogP contribution < -0.4 is 23.7 Å². The van der Waals surface area contributed by atoms with E-state index < -0.39 is 5.60 Å². The predicted molar refractivity (Wildman–Crippen MR) is 316 cm³/mol. The number of benzene rings is 9. The van der Waals surface area contributed by atoms with Crippen LogP contribution in [-0.4, -0.2) is 12.2 Å². The van der Waals surface area contributed by atoms with Crippen molar-refractivity contribution in [3.63, 3.8) is 0 Å². The zero-order valence-electron chi connectivity index (χ0n) is 45.4. The lowest BCUT2D eigenvalue weighted by atomic mass is 9.52. The van der Waals surface area contributed by atoms with Gasteiger partial charge in [-0.25, -0.2) is 0 Å². The third-order valence-corrected chi connectivity index (χ3v) is 17.0. The summed E-state index contributed by atoms with van der Waals surface area (Å²) in [5.74, 6) is 6.31. The summed E-state index contributed by atoms with van der Waals surface area (Å²) in [5, 5.41) is 12.0. The molecule has 0 bridgehead atoms. The largest absolute Gasteiger partial charge is 0.508 e. The number of fused-ring (bicyclic) bond motifs is 10. The summed E-state index contributed by atoms with van der Waals surface area (Å²) in [6, 6.07) is 63.9. The van der Waals surface area contributed by atoms with Gasteiger partial charge in [-0.15, -0.1) is 0 Å². The fourth-order valence-electron chi connectivity index (χ4n) is 13.3. The molecule has 3 aliphatic rings. The van der Waals surface area contributed by atoms with E-state index in [0.717, 1.165) is 94.4 Å². The van der Waals surface area contributed by atoms with E-state index in [-0.39, 0.29) is 22.0 Å². The van der Waals surface area contributed by atoms with Gasteiger partial charge in [-0.3, -0.25) is 0 Å². The van der Waals surface area contributed by atoms with Crippen molar-refractivity contribution in [3.05, 3.63) is 228 Å². The number of hydrogen-bond donors (Lipinski definition) is 1. The van der Waals surface area contributed by atoms with Gasteiger partial charge in [-0.1, -0.05) is 130 Å². The first-order chi connectivity index (χ1) is 37.7. The molecule has 0 radical (unpaired) electrons. The number of rotatable bonds is 15. The summed E-state index contributed by atoms with van der Waals surface area (Å²) in [7, 11) is 1.78. The summed E-state index contributed by atoms with van der Waals surface area (Å²) < 4.78 is 33.0. The van der Waals surface area contributed by atoms with Crippen LogP contribution in [0, 0.1) is 17.8 Å². The monoisotopic (exact) mass is 1050 g/mol. The molecular formula is C71H66O6S. The van der Waals surface area contributed by atoms with Crippen LogP contribution in [0.3, 0.4) is 0 Å². The Hall–Kier alpha value is -7.87. The average Bonchev–Trinajstić information content (AvgIpc) is 3.30. The minimum atomic E-state index is -0.805. The maximum absolute atomic E-state index is 9.72. The van der Waals surface area contributed by atoms with Gasteiger partial charge in [0.15, 0.2) is 5.60 Å². The predicted octanol–water partition coefficient (Wildman–Crippen LogP) is 19.6. The van der Waals surface area contributed by atoms with Gasteiger partial charge in [0.05, 0.1) is 12.0 Å². The van der Waals surface area contributed by atoms with Crippen LogP contribution in [0.5, 0.6) is 51.7 Å². The maximum Gasteiger partial charge on any atom is 0.153 e. The fourth-order valence-corrected chi connectivity index (χ4v) is 14.3. The molecule has 1 unspecified atom stereocenters. The Labute approximate surface area is 463 Å². The average molecular weight is 1050 g/mol. The van der Waals surface area contributed by atoms with Gasteiger partial charge in [-0.05, 0) is 217 Å². The SMILES string of the molecule is COc1cc2c3c(c4c(c2cc1Sc1ccccc1)-c1ccccc1C41CC(C)(C)CC(C)(C)C1)C=CC(CCCCc1ccc(Oc2ccc(C)cc2)cc1)(c1ccc(Oc2ccc(Oc4ccc(O)cc4)cc2)cc1)O3. The van der Waals surface area contributed by atoms with E-state index >= 15 is 0 Å². The minimum absolute atomic E-state index is 0.0947. The second kappa shape index (κ2) is 20.5. The van der Waals surface area contributed by atoms with Crippen molar-refractivity contribution in [2.75, 3.05) is 7.11 Å². The number of phenols is 1. The molecule has 0 saturated heterocycles. The van der Waals surface area contributed by atoms with Crippen molar-refractivity contribution >= 4 is 28.6 Å². The summed E-state index contributed by atoms with van der Waals surface area (Å²) in [4.78, 5) is 2.23. The zero-order chi connectivity index (χ0) is 53.7. The molecule has 0 aromatic heterocycles. The van der Waals surface area contributed by atoms with Crippen LogP contribution >= 0.6 is 11.8 Å². The van der Waals surface area contributed by atoms with Gasteiger partial charge in [0, 0.05) is 21.3 Å². The van der Waals surface area contributed by atoms with Crippen molar-refractivity contribution in [1.29, 1.82) is 0 Å². The summed E-state index contributed by atoms with van der Waals surface area (Å²) in [6.45, 7) is 12.0. The van der Waals surface area contributed by atoms with E-state index in [1.165, 1.54) is 44.3 Å². The lowest BCUT2D eigenvalue weighted by molar-refractivity contribution is 0.0637.